The maximum atomic E-state index is 10.7. The summed E-state index contributed by atoms with van der Waals surface area (Å²) in [4.78, 5) is 18.1. The molecule has 1 unspecified atom stereocenters. The highest BCUT2D eigenvalue weighted by Crippen LogP contribution is 2.23. The molecule has 3 aromatic rings. The van der Waals surface area contributed by atoms with Gasteiger partial charge >= 0.3 is 5.00 Å². The molecule has 3 rings (SSSR count). The van der Waals surface area contributed by atoms with Gasteiger partial charge in [-0.25, -0.2) is 4.98 Å². The SMILES string of the molecule is CC(NCc1csc([N+](=O)[O-])c1)c1nc2ccccc2[nH]1. The second-order valence-corrected chi connectivity index (χ2v) is 5.68. The smallest absolute Gasteiger partial charge is 0.324 e. The van der Waals surface area contributed by atoms with Crippen molar-refractivity contribution in [1.82, 2.24) is 15.3 Å². The number of H-pyrrole nitrogens is 1. The third kappa shape index (κ3) is 2.93. The summed E-state index contributed by atoms with van der Waals surface area (Å²) in [5, 5.41) is 15.9. The van der Waals surface area contributed by atoms with Crippen LogP contribution in [0.3, 0.4) is 0 Å². The van der Waals surface area contributed by atoms with Gasteiger partial charge in [-0.05, 0) is 24.6 Å². The molecule has 0 saturated heterocycles. The number of thiophene rings is 1. The topological polar surface area (TPSA) is 83.8 Å². The molecule has 0 aliphatic carbocycles. The van der Waals surface area contributed by atoms with Gasteiger partial charge in [0.15, 0.2) is 0 Å². The van der Waals surface area contributed by atoms with Crippen molar-refractivity contribution in [2.24, 2.45) is 0 Å². The largest absolute Gasteiger partial charge is 0.341 e. The number of imidazole rings is 1. The summed E-state index contributed by atoms with van der Waals surface area (Å²) in [5.41, 5.74) is 2.86. The van der Waals surface area contributed by atoms with Crippen LogP contribution in [-0.2, 0) is 6.54 Å². The van der Waals surface area contributed by atoms with Crippen LogP contribution in [0.1, 0.15) is 24.4 Å². The van der Waals surface area contributed by atoms with E-state index < -0.39 is 0 Å². The normalized spacial score (nSPS) is 12.6. The van der Waals surface area contributed by atoms with Crippen molar-refractivity contribution >= 4 is 27.4 Å². The zero-order valence-electron chi connectivity index (χ0n) is 11.4. The average molecular weight is 302 g/mol. The van der Waals surface area contributed by atoms with E-state index in [4.69, 9.17) is 0 Å². The van der Waals surface area contributed by atoms with E-state index in [9.17, 15) is 10.1 Å². The Hall–Kier alpha value is -2.25. The van der Waals surface area contributed by atoms with Crippen LogP contribution in [0.4, 0.5) is 5.00 Å². The Morgan fingerprint density at radius 3 is 3.00 bits per heavy atom. The number of nitrogens with zero attached hydrogens (tertiary/aromatic N) is 2. The third-order valence-electron chi connectivity index (χ3n) is 3.25. The standard InChI is InChI=1S/C14H14N4O2S/c1-9(14-16-11-4-2-3-5-12(11)17-14)15-7-10-6-13(18(19)20)21-8-10/h2-6,8-9,15H,7H2,1H3,(H,16,17). The van der Waals surface area contributed by atoms with Gasteiger partial charge in [-0.15, -0.1) is 0 Å². The monoisotopic (exact) mass is 302 g/mol. The highest BCUT2D eigenvalue weighted by atomic mass is 32.1. The Balaban J connectivity index is 1.67. The van der Waals surface area contributed by atoms with E-state index >= 15 is 0 Å². The number of fused-ring (bicyclic) bond motifs is 1. The average Bonchev–Trinajstić information content (AvgIpc) is 3.11. The maximum absolute atomic E-state index is 10.7. The lowest BCUT2D eigenvalue weighted by Crippen LogP contribution is -2.18. The molecular weight excluding hydrogens is 288 g/mol. The highest BCUT2D eigenvalue weighted by molar-refractivity contribution is 7.13. The lowest BCUT2D eigenvalue weighted by atomic mass is 10.3. The molecule has 2 heterocycles. The molecule has 108 valence electrons. The zero-order chi connectivity index (χ0) is 14.8. The van der Waals surface area contributed by atoms with Crippen LogP contribution in [0, 0.1) is 10.1 Å². The lowest BCUT2D eigenvalue weighted by Gasteiger charge is -2.09. The van der Waals surface area contributed by atoms with Gasteiger partial charge in [0.1, 0.15) is 5.82 Å². The highest BCUT2D eigenvalue weighted by Gasteiger charge is 2.13. The first-order valence-corrected chi connectivity index (χ1v) is 7.41. The number of nitrogens with one attached hydrogen (secondary N) is 2. The van der Waals surface area contributed by atoms with Gasteiger partial charge in [0, 0.05) is 18.0 Å². The minimum atomic E-state index is -0.364. The summed E-state index contributed by atoms with van der Waals surface area (Å²) in [6, 6.07) is 9.51. The van der Waals surface area contributed by atoms with Crippen molar-refractivity contribution in [2.45, 2.75) is 19.5 Å². The summed E-state index contributed by atoms with van der Waals surface area (Å²) in [6.45, 7) is 2.58. The quantitative estimate of drug-likeness (QED) is 0.559. The number of benzene rings is 1. The number of hydrogen-bond donors (Lipinski definition) is 2. The van der Waals surface area contributed by atoms with Crippen molar-refractivity contribution in [2.75, 3.05) is 0 Å². The molecule has 2 N–H and O–H groups in total. The fourth-order valence-electron chi connectivity index (χ4n) is 2.10. The van der Waals surface area contributed by atoms with Gasteiger partial charge in [0.05, 0.1) is 22.0 Å². The lowest BCUT2D eigenvalue weighted by molar-refractivity contribution is -0.380. The molecule has 0 fully saturated rings. The van der Waals surface area contributed by atoms with E-state index in [1.165, 1.54) is 0 Å². The second-order valence-electron chi connectivity index (χ2n) is 4.79. The van der Waals surface area contributed by atoms with Crippen LogP contribution in [-0.4, -0.2) is 14.9 Å². The number of aromatic amines is 1. The van der Waals surface area contributed by atoms with Gasteiger partial charge in [0.25, 0.3) is 0 Å². The van der Waals surface area contributed by atoms with Crippen molar-refractivity contribution in [1.29, 1.82) is 0 Å². The Morgan fingerprint density at radius 2 is 2.29 bits per heavy atom. The molecule has 0 radical (unpaired) electrons. The first-order valence-electron chi connectivity index (χ1n) is 6.53. The van der Waals surface area contributed by atoms with E-state index in [-0.39, 0.29) is 16.0 Å². The van der Waals surface area contributed by atoms with E-state index in [0.29, 0.717) is 6.54 Å². The first-order chi connectivity index (χ1) is 10.1. The Labute approximate surface area is 125 Å². The molecule has 1 atom stereocenters. The Kier molecular flexibility index (Phi) is 3.68. The van der Waals surface area contributed by atoms with E-state index in [0.717, 1.165) is 33.8 Å². The minimum Gasteiger partial charge on any atom is -0.341 e. The second kappa shape index (κ2) is 5.63. The van der Waals surface area contributed by atoms with E-state index in [2.05, 4.69) is 15.3 Å². The Morgan fingerprint density at radius 1 is 1.48 bits per heavy atom. The van der Waals surface area contributed by atoms with E-state index in [1.54, 1.807) is 11.4 Å². The number of para-hydroxylation sites is 2. The molecular formula is C14H14N4O2S. The van der Waals surface area contributed by atoms with Gasteiger partial charge in [-0.3, -0.25) is 10.1 Å². The summed E-state index contributed by atoms with van der Waals surface area (Å²) < 4.78 is 0. The van der Waals surface area contributed by atoms with Gasteiger partial charge < -0.3 is 10.3 Å². The molecule has 0 saturated carbocycles. The fourth-order valence-corrected chi connectivity index (χ4v) is 2.83. The predicted molar refractivity (Wildman–Crippen MR) is 82.3 cm³/mol. The van der Waals surface area contributed by atoms with Gasteiger partial charge in [-0.2, -0.15) is 0 Å². The van der Waals surface area contributed by atoms with Gasteiger partial charge in [0.2, 0.25) is 0 Å². The zero-order valence-corrected chi connectivity index (χ0v) is 12.2. The van der Waals surface area contributed by atoms with Crippen LogP contribution < -0.4 is 5.32 Å². The molecule has 0 spiro atoms. The van der Waals surface area contributed by atoms with Crippen LogP contribution >= 0.6 is 11.3 Å². The summed E-state index contributed by atoms with van der Waals surface area (Å²) in [7, 11) is 0. The number of aromatic nitrogens is 2. The van der Waals surface area contributed by atoms with Gasteiger partial charge in [-0.1, -0.05) is 23.5 Å². The predicted octanol–water partition coefficient (Wildman–Crippen LogP) is 3.38. The number of rotatable bonds is 5. The maximum Gasteiger partial charge on any atom is 0.324 e. The van der Waals surface area contributed by atoms with Crippen molar-refractivity contribution in [3.63, 3.8) is 0 Å². The van der Waals surface area contributed by atoms with Crippen molar-refractivity contribution in [3.05, 3.63) is 57.2 Å². The molecule has 21 heavy (non-hydrogen) atoms. The molecule has 0 aliphatic rings. The molecule has 2 aromatic heterocycles. The molecule has 0 aliphatic heterocycles. The van der Waals surface area contributed by atoms with Crippen LogP contribution in [0.2, 0.25) is 0 Å². The summed E-state index contributed by atoms with van der Waals surface area (Å²) in [5.74, 6) is 0.862. The Bertz CT molecular complexity index is 747. The van der Waals surface area contributed by atoms with E-state index in [1.807, 2.05) is 31.2 Å². The van der Waals surface area contributed by atoms with Crippen LogP contribution in [0.25, 0.3) is 11.0 Å². The summed E-state index contributed by atoms with van der Waals surface area (Å²) >= 11 is 1.15. The molecule has 1 aromatic carbocycles. The third-order valence-corrected chi connectivity index (χ3v) is 4.18. The van der Waals surface area contributed by atoms with Crippen LogP contribution in [0.15, 0.2) is 35.7 Å². The molecule has 7 heteroatoms. The molecule has 0 bridgehead atoms. The number of nitro groups is 1. The summed E-state index contributed by atoms with van der Waals surface area (Å²) in [6.07, 6.45) is 0. The first kappa shape index (κ1) is 13.7. The molecule has 6 nitrogen and oxygen atoms in total. The molecule has 0 amide bonds. The fraction of sp³-hybridized carbons (Fsp3) is 0.214. The van der Waals surface area contributed by atoms with Crippen molar-refractivity contribution < 1.29 is 4.92 Å². The van der Waals surface area contributed by atoms with Crippen LogP contribution in [0.5, 0.6) is 0 Å². The van der Waals surface area contributed by atoms with Crippen molar-refractivity contribution in [3.8, 4) is 0 Å². The number of hydrogen-bond acceptors (Lipinski definition) is 5. The minimum absolute atomic E-state index is 0.0383.